The number of aliphatic carboxylic acids is 1. The summed E-state index contributed by atoms with van der Waals surface area (Å²) in [7, 11) is 0. The van der Waals surface area contributed by atoms with Crippen molar-refractivity contribution in [2.45, 2.75) is 38.3 Å². The van der Waals surface area contributed by atoms with Gasteiger partial charge in [0, 0.05) is 12.5 Å². The Morgan fingerprint density at radius 3 is 2.31 bits per heavy atom. The van der Waals surface area contributed by atoms with Crippen molar-refractivity contribution in [3.05, 3.63) is 0 Å². The van der Waals surface area contributed by atoms with Gasteiger partial charge in [-0.2, -0.15) is 0 Å². The number of amides is 2. The minimum absolute atomic E-state index is 0.125. The van der Waals surface area contributed by atoms with Crippen LogP contribution in [0.3, 0.4) is 0 Å². The second kappa shape index (κ2) is 6.78. The predicted molar refractivity (Wildman–Crippen MR) is 56.3 cm³/mol. The topological polar surface area (TPSA) is 136 Å². The zero-order chi connectivity index (χ0) is 12.7. The van der Waals surface area contributed by atoms with E-state index in [1.54, 1.807) is 6.92 Å². The standard InChI is InChI=1S/C9H17N3O4/c1-5(10)2-3-8(14)12-6(9(15)16)4-7(11)13/h5-6H,2-4,10H2,1H3,(H2,11,13)(H,12,14)(H,15,16)/t5?,6-/m1/s1. The monoisotopic (exact) mass is 231 g/mol. The summed E-state index contributed by atoms with van der Waals surface area (Å²) in [6, 6.07) is -1.40. The van der Waals surface area contributed by atoms with Crippen LogP contribution in [-0.4, -0.2) is 35.0 Å². The third-order valence-corrected chi connectivity index (χ3v) is 1.87. The Hall–Kier alpha value is -1.63. The molecule has 0 aliphatic carbocycles. The molecule has 0 aromatic rings. The first-order chi connectivity index (χ1) is 7.32. The van der Waals surface area contributed by atoms with Crippen molar-refractivity contribution in [1.82, 2.24) is 5.32 Å². The first kappa shape index (κ1) is 14.4. The fourth-order valence-corrected chi connectivity index (χ4v) is 1.03. The van der Waals surface area contributed by atoms with Crippen molar-refractivity contribution < 1.29 is 19.5 Å². The number of hydrogen-bond donors (Lipinski definition) is 4. The van der Waals surface area contributed by atoms with Gasteiger partial charge in [0.1, 0.15) is 6.04 Å². The quantitative estimate of drug-likeness (QED) is 0.425. The van der Waals surface area contributed by atoms with Crippen LogP contribution in [0.1, 0.15) is 26.2 Å². The number of rotatable bonds is 7. The lowest BCUT2D eigenvalue weighted by Crippen LogP contribution is -2.43. The molecule has 2 atom stereocenters. The van der Waals surface area contributed by atoms with Gasteiger partial charge in [-0.05, 0) is 13.3 Å². The Labute approximate surface area is 93.2 Å². The largest absolute Gasteiger partial charge is 0.480 e. The Morgan fingerprint density at radius 2 is 1.94 bits per heavy atom. The Kier molecular flexibility index (Phi) is 6.09. The summed E-state index contributed by atoms with van der Waals surface area (Å²) < 4.78 is 0. The van der Waals surface area contributed by atoms with Gasteiger partial charge in [-0.15, -0.1) is 0 Å². The number of carbonyl (C=O) groups excluding carboxylic acids is 2. The molecule has 0 aliphatic heterocycles. The lowest BCUT2D eigenvalue weighted by molar-refractivity contribution is -0.143. The first-order valence-electron chi connectivity index (χ1n) is 4.89. The number of nitrogens with two attached hydrogens (primary N) is 2. The molecule has 0 rings (SSSR count). The van der Waals surface area contributed by atoms with E-state index in [0.717, 1.165) is 0 Å². The summed E-state index contributed by atoms with van der Waals surface area (Å²) in [6.07, 6.45) is 0.161. The van der Waals surface area contributed by atoms with E-state index in [0.29, 0.717) is 6.42 Å². The van der Waals surface area contributed by atoms with Gasteiger partial charge in [0.2, 0.25) is 11.8 Å². The second-order valence-corrected chi connectivity index (χ2v) is 3.64. The van der Waals surface area contributed by atoms with Crippen molar-refractivity contribution >= 4 is 17.8 Å². The third kappa shape index (κ3) is 6.77. The highest BCUT2D eigenvalue weighted by Gasteiger charge is 2.21. The number of primary amides is 1. The molecule has 0 aliphatic rings. The molecule has 0 saturated heterocycles. The number of nitrogens with one attached hydrogen (secondary N) is 1. The van der Waals surface area contributed by atoms with Crippen molar-refractivity contribution in [2.24, 2.45) is 11.5 Å². The maximum atomic E-state index is 11.3. The molecule has 0 fully saturated rings. The molecular weight excluding hydrogens is 214 g/mol. The number of carboxylic acid groups (broad SMARTS) is 1. The molecule has 6 N–H and O–H groups in total. The summed E-state index contributed by atoms with van der Waals surface area (Å²) in [6.45, 7) is 1.74. The zero-order valence-electron chi connectivity index (χ0n) is 9.10. The third-order valence-electron chi connectivity index (χ3n) is 1.87. The summed E-state index contributed by atoms with van der Waals surface area (Å²) in [5, 5.41) is 10.9. The lowest BCUT2D eigenvalue weighted by atomic mass is 10.1. The molecule has 2 amide bonds. The van der Waals surface area contributed by atoms with Gasteiger partial charge in [0.25, 0.3) is 0 Å². The molecule has 1 unspecified atom stereocenters. The Morgan fingerprint density at radius 1 is 1.38 bits per heavy atom. The normalized spacial score (nSPS) is 13.9. The summed E-state index contributed by atoms with van der Waals surface area (Å²) >= 11 is 0. The van der Waals surface area contributed by atoms with Gasteiger partial charge < -0.3 is 21.9 Å². The van der Waals surface area contributed by atoms with Crippen LogP contribution in [0, 0.1) is 0 Å². The highest BCUT2D eigenvalue weighted by molar-refractivity contribution is 5.88. The number of hydrogen-bond acceptors (Lipinski definition) is 4. The molecule has 0 bridgehead atoms. The van der Waals surface area contributed by atoms with Crippen LogP contribution in [-0.2, 0) is 14.4 Å². The molecule has 7 heteroatoms. The van der Waals surface area contributed by atoms with E-state index in [2.05, 4.69) is 5.32 Å². The van der Waals surface area contributed by atoms with Gasteiger partial charge >= 0.3 is 5.97 Å². The molecule has 0 spiro atoms. The second-order valence-electron chi connectivity index (χ2n) is 3.64. The van der Waals surface area contributed by atoms with Crippen LogP contribution in [0.2, 0.25) is 0 Å². The molecule has 0 heterocycles. The smallest absolute Gasteiger partial charge is 0.326 e. The molecule has 0 radical (unpaired) electrons. The molecule has 7 nitrogen and oxygen atoms in total. The van der Waals surface area contributed by atoms with Crippen LogP contribution in [0.5, 0.6) is 0 Å². The van der Waals surface area contributed by atoms with Crippen LogP contribution < -0.4 is 16.8 Å². The van der Waals surface area contributed by atoms with Gasteiger partial charge in [-0.1, -0.05) is 0 Å². The van der Waals surface area contributed by atoms with Gasteiger partial charge in [0.05, 0.1) is 6.42 Å². The average molecular weight is 231 g/mol. The van der Waals surface area contributed by atoms with Crippen LogP contribution in [0.25, 0.3) is 0 Å². The highest BCUT2D eigenvalue weighted by Crippen LogP contribution is 1.97. The molecule has 92 valence electrons. The molecular formula is C9H17N3O4. The highest BCUT2D eigenvalue weighted by atomic mass is 16.4. The minimum Gasteiger partial charge on any atom is -0.480 e. The molecule has 0 saturated carbocycles. The Balaban J connectivity index is 4.13. The number of carbonyl (C=O) groups is 3. The molecule has 0 aromatic heterocycles. The minimum atomic E-state index is -1.28. The maximum Gasteiger partial charge on any atom is 0.326 e. The maximum absolute atomic E-state index is 11.3. The Bertz CT molecular complexity index is 278. The summed E-state index contributed by atoms with van der Waals surface area (Å²) in [4.78, 5) is 32.5. The summed E-state index contributed by atoms with van der Waals surface area (Å²) in [5.41, 5.74) is 10.3. The van der Waals surface area contributed by atoms with E-state index in [1.807, 2.05) is 0 Å². The fourth-order valence-electron chi connectivity index (χ4n) is 1.03. The van der Waals surface area contributed by atoms with Gasteiger partial charge in [-0.25, -0.2) is 4.79 Å². The summed E-state index contributed by atoms with van der Waals surface area (Å²) in [5.74, 6) is -2.52. The predicted octanol–water partition coefficient (Wildman–Crippen LogP) is -1.44. The van der Waals surface area contributed by atoms with E-state index in [1.165, 1.54) is 0 Å². The van der Waals surface area contributed by atoms with Gasteiger partial charge in [0.15, 0.2) is 0 Å². The van der Waals surface area contributed by atoms with Crippen LogP contribution in [0.4, 0.5) is 0 Å². The van der Waals surface area contributed by atoms with Crippen LogP contribution >= 0.6 is 0 Å². The van der Waals surface area contributed by atoms with Gasteiger partial charge in [-0.3, -0.25) is 9.59 Å². The van der Waals surface area contributed by atoms with E-state index >= 15 is 0 Å². The number of carboxylic acids is 1. The van der Waals surface area contributed by atoms with Crippen molar-refractivity contribution in [1.29, 1.82) is 0 Å². The van der Waals surface area contributed by atoms with Crippen molar-refractivity contribution in [3.8, 4) is 0 Å². The first-order valence-corrected chi connectivity index (χ1v) is 4.89. The lowest BCUT2D eigenvalue weighted by Gasteiger charge is -2.13. The van der Waals surface area contributed by atoms with E-state index in [4.69, 9.17) is 16.6 Å². The van der Waals surface area contributed by atoms with E-state index in [-0.39, 0.29) is 12.5 Å². The molecule has 16 heavy (non-hydrogen) atoms. The van der Waals surface area contributed by atoms with Crippen LogP contribution in [0.15, 0.2) is 0 Å². The van der Waals surface area contributed by atoms with Crippen molar-refractivity contribution in [3.63, 3.8) is 0 Å². The van der Waals surface area contributed by atoms with E-state index in [9.17, 15) is 14.4 Å². The molecule has 0 aromatic carbocycles. The zero-order valence-corrected chi connectivity index (χ0v) is 9.10. The van der Waals surface area contributed by atoms with E-state index < -0.39 is 30.2 Å². The van der Waals surface area contributed by atoms with Crippen molar-refractivity contribution in [2.75, 3.05) is 0 Å². The average Bonchev–Trinajstić information content (AvgIpc) is 2.12. The fraction of sp³-hybridized carbons (Fsp3) is 0.667. The SMILES string of the molecule is CC(N)CCC(=O)N[C@H](CC(N)=O)C(=O)O.